The minimum Gasteiger partial charge on any atom is -0.393 e. The van der Waals surface area contributed by atoms with Crippen LogP contribution in [0.1, 0.15) is 301 Å². The third-order valence-corrected chi connectivity index (χ3v) is 44.8. The van der Waals surface area contributed by atoms with Crippen LogP contribution in [0.15, 0.2) is 24.3 Å². The van der Waals surface area contributed by atoms with Gasteiger partial charge in [-0.15, -0.1) is 19.3 Å². The van der Waals surface area contributed by atoms with Crippen LogP contribution in [-0.2, 0) is 0 Å². The van der Waals surface area contributed by atoms with Gasteiger partial charge >= 0.3 is 0 Å². The average Bonchev–Trinajstić information content (AvgIpc) is 1.58. The van der Waals surface area contributed by atoms with Gasteiger partial charge in [0.05, 0.1) is 85.5 Å². The van der Waals surface area contributed by atoms with Gasteiger partial charge in [0.15, 0.2) is 16.8 Å². The fourth-order valence-corrected chi connectivity index (χ4v) is 37.1. The Balaban J connectivity index is 0.000000112. The van der Waals surface area contributed by atoms with Crippen LogP contribution < -0.4 is 0 Å². The van der Waals surface area contributed by atoms with Gasteiger partial charge in [0.25, 0.3) is 0 Å². The average molecular weight is 1680 g/mol. The first-order valence-electron chi connectivity index (χ1n) is 49.0. The van der Waals surface area contributed by atoms with E-state index in [1.54, 1.807) is 0 Å². The van der Waals surface area contributed by atoms with Gasteiger partial charge in [-0.1, -0.05) is 107 Å². The molecule has 17 heteroatoms. The normalized spacial score (nSPS) is 60.3. The van der Waals surface area contributed by atoms with Crippen LogP contribution in [-0.4, -0.2) is 189 Å². The lowest BCUT2D eigenvalue weighted by Crippen LogP contribution is -2.60. The highest BCUT2D eigenvalue weighted by Crippen LogP contribution is 2.75. The second-order valence-corrected chi connectivity index (χ2v) is 49.0. The van der Waals surface area contributed by atoms with E-state index >= 15 is 0 Å². The van der Waals surface area contributed by atoms with Gasteiger partial charge in [0.2, 0.25) is 0 Å². The Morgan fingerprint density at radius 3 is 0.893 bits per heavy atom. The zero-order valence-corrected chi connectivity index (χ0v) is 75.7. The Morgan fingerprint density at radius 1 is 0.289 bits per heavy atom. The van der Waals surface area contributed by atoms with E-state index in [0.29, 0.717) is 114 Å². The van der Waals surface area contributed by atoms with Gasteiger partial charge in [0, 0.05) is 21.7 Å². The first-order chi connectivity index (χ1) is 56.6. The molecular formula is C104H162O17. The maximum atomic E-state index is 11.2. The highest BCUT2D eigenvalue weighted by molar-refractivity contribution is 5.40. The molecule has 15 unspecified atom stereocenters. The van der Waals surface area contributed by atoms with Crippen molar-refractivity contribution in [3.8, 4) is 37.0 Å². The predicted molar refractivity (Wildman–Crippen MR) is 465 cm³/mol. The number of fused-ring (bicyclic) bond motifs is 25. The second kappa shape index (κ2) is 31.6. The molecule has 680 valence electrons. The minimum absolute atomic E-state index is 0.00105. The summed E-state index contributed by atoms with van der Waals surface area (Å²) >= 11 is 0. The van der Waals surface area contributed by atoms with E-state index in [4.69, 9.17) is 19.3 Å². The monoisotopic (exact) mass is 1680 g/mol. The molecule has 17 N–H and O–H groups in total. The van der Waals surface area contributed by atoms with Gasteiger partial charge in [0.1, 0.15) is 0 Å². The van der Waals surface area contributed by atoms with Crippen LogP contribution in [0.3, 0.4) is 0 Å². The molecule has 20 saturated carbocycles. The van der Waals surface area contributed by atoms with Crippen molar-refractivity contribution in [1.82, 2.24) is 0 Å². The highest BCUT2D eigenvalue weighted by atomic mass is 16.4. The number of terminal acetylenes is 3. The molecule has 0 amide bonds. The van der Waals surface area contributed by atoms with Crippen molar-refractivity contribution in [1.29, 1.82) is 0 Å². The molecule has 17 nitrogen and oxygen atoms in total. The molecule has 20 aliphatic rings. The lowest BCUT2D eigenvalue weighted by atomic mass is 9.43. The summed E-state index contributed by atoms with van der Waals surface area (Å²) in [5.41, 5.74) is -3.12. The molecular weight excluding hydrogens is 1520 g/mol. The summed E-state index contributed by atoms with van der Waals surface area (Å²) in [7, 11) is 0. The van der Waals surface area contributed by atoms with Crippen LogP contribution in [0.4, 0.5) is 0 Å². The third-order valence-electron chi connectivity index (χ3n) is 44.8. The van der Waals surface area contributed by atoms with Crippen molar-refractivity contribution < 1.29 is 86.8 Å². The standard InChI is InChI=1S/C22H32O3.2C21H32O4.C20H34O3.C20H32O3/c1-5-22(25)13(2)10-17-19-16(7-9-21(17,22)4)20(3)8-6-15(23)11-14(20)12-18(19)24;2*1-4-21(25)17(24)11-15-18-14(6-8-20(15,21)3)19(2)7-5-13(22)9-12(19)10-16(18)23;2*1-11-8-15-17-14(5-7-20(15,3)18(11)23)19(2)6-4-13(21)9-12(19)10-16(17)22/h1,14-19,23-25H,2,6-12H2,3-4H3;2*1,12-18,22-25H,5-11H2,2-3H3;11-18,21-23H,4-10H2,1-3H3;12-18,21-23H,1,4-10H2,2-3H3/t14-,15+,16?,17?,18-,19?,20-,21-,22-;12-,13-,14?,15?,16+,17+,18?,19-,20-,21+;12-,13-,14?,15?,16+,17+,18?,19-,20-,21-;11-,12+,13+,14?,15?,16-,17?,18-,19+,20+;12-,13+,14?,15?,16-,17?,18-,19-,20-/m00010/s1. The molecule has 20 rings (SSSR count). The Morgan fingerprint density at radius 2 is 0.570 bits per heavy atom. The smallest absolute Gasteiger partial charge is 0.156 e. The van der Waals surface area contributed by atoms with Gasteiger partial charge in [-0.25, -0.2) is 0 Å². The molecule has 0 bridgehead atoms. The Kier molecular flexibility index (Phi) is 24.0. The summed E-state index contributed by atoms with van der Waals surface area (Å²) in [5, 5.41) is 181. The van der Waals surface area contributed by atoms with Gasteiger partial charge < -0.3 is 86.8 Å². The fraction of sp³-hybridized carbons (Fsp3) is 0.904. The van der Waals surface area contributed by atoms with Crippen molar-refractivity contribution in [2.24, 2.45) is 178 Å². The molecule has 0 aliphatic heterocycles. The largest absolute Gasteiger partial charge is 0.393 e. The molecule has 0 heterocycles. The van der Waals surface area contributed by atoms with Crippen LogP contribution in [0.5, 0.6) is 0 Å². The van der Waals surface area contributed by atoms with Crippen molar-refractivity contribution in [3.05, 3.63) is 24.3 Å². The Labute approximate surface area is 725 Å². The molecule has 20 fully saturated rings. The Bertz CT molecular complexity index is 3880. The maximum absolute atomic E-state index is 11.2. The number of aliphatic hydroxyl groups is 17. The van der Waals surface area contributed by atoms with E-state index in [0.717, 1.165) is 210 Å². The third kappa shape index (κ3) is 13.4. The van der Waals surface area contributed by atoms with E-state index in [1.807, 2.05) is 13.8 Å². The summed E-state index contributed by atoms with van der Waals surface area (Å²) in [4.78, 5) is 0. The van der Waals surface area contributed by atoms with Gasteiger partial charge in [-0.05, 0) is 393 Å². The first-order valence-corrected chi connectivity index (χ1v) is 49.0. The topological polar surface area (TPSA) is 344 Å². The lowest BCUT2D eigenvalue weighted by Gasteiger charge is -2.62. The van der Waals surface area contributed by atoms with E-state index in [2.05, 4.69) is 93.2 Å². The van der Waals surface area contributed by atoms with E-state index in [-0.39, 0.29) is 128 Å². The fourth-order valence-electron chi connectivity index (χ4n) is 37.1. The maximum Gasteiger partial charge on any atom is 0.156 e. The van der Waals surface area contributed by atoms with Crippen molar-refractivity contribution in [3.63, 3.8) is 0 Å². The van der Waals surface area contributed by atoms with E-state index < -0.39 is 63.6 Å². The summed E-state index contributed by atoms with van der Waals surface area (Å²) in [6.07, 6.45) is 42.7. The van der Waals surface area contributed by atoms with Crippen molar-refractivity contribution in [2.45, 2.75) is 403 Å². The minimum atomic E-state index is -1.50. The van der Waals surface area contributed by atoms with E-state index in [9.17, 15) is 86.8 Å². The number of rotatable bonds is 0. The predicted octanol–water partition coefficient (Wildman–Crippen LogP) is 12.1. The van der Waals surface area contributed by atoms with E-state index in [1.165, 1.54) is 0 Å². The molecule has 0 radical (unpaired) electrons. The second-order valence-electron chi connectivity index (χ2n) is 49.0. The molecule has 0 aromatic carbocycles. The summed E-state index contributed by atoms with van der Waals surface area (Å²) in [5.74, 6) is 14.4. The van der Waals surface area contributed by atoms with Crippen molar-refractivity contribution in [2.75, 3.05) is 0 Å². The summed E-state index contributed by atoms with van der Waals surface area (Å²) < 4.78 is 0. The van der Waals surface area contributed by atoms with Gasteiger partial charge in [-0.2, -0.15) is 0 Å². The van der Waals surface area contributed by atoms with Gasteiger partial charge in [-0.3, -0.25) is 0 Å². The van der Waals surface area contributed by atoms with Crippen LogP contribution in [0.2, 0.25) is 0 Å². The van der Waals surface area contributed by atoms with Crippen LogP contribution >= 0.6 is 0 Å². The molecule has 20 aliphatic carbocycles. The van der Waals surface area contributed by atoms with Crippen LogP contribution in [0, 0.1) is 215 Å². The Hall–Kier alpha value is -2.52. The lowest BCUT2D eigenvalue weighted by molar-refractivity contribution is -0.186. The number of aliphatic hydroxyl groups excluding tert-OH is 14. The first kappa shape index (κ1) is 91.8. The van der Waals surface area contributed by atoms with Crippen molar-refractivity contribution >= 4 is 0 Å². The quantitative estimate of drug-likeness (QED) is 0.0791. The molecule has 121 heavy (non-hydrogen) atoms. The zero-order valence-electron chi connectivity index (χ0n) is 75.7. The summed E-state index contributed by atoms with van der Waals surface area (Å²) in [6, 6.07) is 0. The molecule has 0 aromatic heterocycles. The number of hydrogen-bond acceptors (Lipinski definition) is 17. The SMILES string of the molecule is C#C[C@@]1(O)[C@H](O)CC2C3C(CC[C@@]21C)[C@@]1(C)CC[C@H](O)C[C@H]1C[C@H]3O.C#C[C@]1(O)C(=C)CC2C3C(CC[C@@]21C)[C@@]1(C)CC[C@@H](O)C[C@H]1C[C@@H]3O.C#C[C@]1(O)[C@H](O)CC2C3C(CC[C@@]21C)[C@@]1(C)CC[C@H](O)C[C@H]1C[C@H]3O.C=C1CC2C3C(CC[C@]2(C)[C@H]1O)[C@@]1(C)CC[C@@H](O)C[C@H]1C[C@@H]3O.C[C@@H]1CC2C3C(CC[C@]2(C)[C@@H]1O)[C@@]1(C)CC[C@H](O)C[C@H]1C[C@H]3O. The zero-order chi connectivity index (χ0) is 87.7. The molecule has 48 atom stereocenters. The molecule has 0 saturated heterocycles. The van der Waals surface area contributed by atoms with Crippen LogP contribution in [0.25, 0.3) is 0 Å². The highest BCUT2D eigenvalue weighted by Gasteiger charge is 2.74. The molecule has 0 aromatic rings. The molecule has 0 spiro atoms. The number of hydrogen-bond donors (Lipinski definition) is 17. The summed E-state index contributed by atoms with van der Waals surface area (Å²) in [6.45, 7) is 32.9.